The van der Waals surface area contributed by atoms with Crippen LogP contribution >= 0.6 is 0 Å². The van der Waals surface area contributed by atoms with E-state index in [0.29, 0.717) is 17.9 Å². The van der Waals surface area contributed by atoms with Crippen LogP contribution in [0, 0.1) is 6.92 Å². The van der Waals surface area contributed by atoms with Gasteiger partial charge in [-0.1, -0.05) is 24.3 Å². The Labute approximate surface area is 193 Å². The molecule has 2 heterocycles. The molecule has 4 rings (SSSR count). The number of rotatable bonds is 7. The topological polar surface area (TPSA) is 71.5 Å². The quantitative estimate of drug-likeness (QED) is 0.532. The lowest BCUT2D eigenvalue weighted by Crippen LogP contribution is -2.28. The van der Waals surface area contributed by atoms with E-state index in [1.54, 1.807) is 18.3 Å². The number of benzene rings is 2. The minimum absolute atomic E-state index is 0.0296. The minimum atomic E-state index is -0.251. The highest BCUT2D eigenvalue weighted by Crippen LogP contribution is 2.22. The van der Waals surface area contributed by atoms with Gasteiger partial charge >= 0.3 is 0 Å². The van der Waals surface area contributed by atoms with Crippen LogP contribution in [0.5, 0.6) is 5.75 Å². The number of anilines is 1. The first-order valence-electron chi connectivity index (χ1n) is 11.1. The molecule has 0 spiro atoms. The molecule has 0 radical (unpaired) electrons. The lowest BCUT2D eigenvalue weighted by atomic mass is 10.1. The molecular formula is C27H27N3O3. The number of amides is 2. The Hall–Kier alpha value is -3.93. The molecule has 0 saturated carbocycles. The fourth-order valence-electron chi connectivity index (χ4n) is 3.76. The molecule has 168 valence electrons. The van der Waals surface area contributed by atoms with Crippen molar-refractivity contribution in [3.63, 3.8) is 0 Å². The molecule has 1 saturated heterocycles. The number of carbonyl (C=O) groups is 2. The minimum Gasteiger partial charge on any atom is -0.487 e. The second kappa shape index (κ2) is 10.6. The van der Waals surface area contributed by atoms with Crippen molar-refractivity contribution in [3.05, 3.63) is 95.3 Å². The number of nitrogens with one attached hydrogen (secondary N) is 1. The third kappa shape index (κ3) is 5.86. The highest BCUT2D eigenvalue weighted by atomic mass is 16.5. The Morgan fingerprint density at radius 2 is 1.82 bits per heavy atom. The van der Waals surface area contributed by atoms with Gasteiger partial charge in [0.05, 0.1) is 5.69 Å². The van der Waals surface area contributed by atoms with E-state index < -0.39 is 0 Å². The van der Waals surface area contributed by atoms with Gasteiger partial charge in [0, 0.05) is 36.6 Å². The van der Waals surface area contributed by atoms with Gasteiger partial charge in [0.2, 0.25) is 5.91 Å². The Morgan fingerprint density at radius 3 is 2.55 bits per heavy atom. The van der Waals surface area contributed by atoms with Gasteiger partial charge < -0.3 is 15.0 Å². The van der Waals surface area contributed by atoms with E-state index in [0.717, 1.165) is 48.5 Å². The summed E-state index contributed by atoms with van der Waals surface area (Å²) in [6.45, 7) is 3.86. The molecule has 0 unspecified atom stereocenters. The van der Waals surface area contributed by atoms with E-state index in [1.165, 1.54) is 6.08 Å². The van der Waals surface area contributed by atoms with Gasteiger partial charge in [0.25, 0.3) is 5.91 Å². The third-order valence-corrected chi connectivity index (χ3v) is 5.64. The first kappa shape index (κ1) is 22.3. The maximum atomic E-state index is 12.8. The molecular weight excluding hydrogens is 414 g/mol. The Balaban J connectivity index is 1.34. The van der Waals surface area contributed by atoms with E-state index in [-0.39, 0.29) is 11.8 Å². The number of aromatic nitrogens is 1. The fourth-order valence-corrected chi connectivity index (χ4v) is 3.76. The maximum Gasteiger partial charge on any atom is 0.254 e. The number of pyridine rings is 1. The first-order valence-corrected chi connectivity index (χ1v) is 11.1. The predicted octanol–water partition coefficient (Wildman–Crippen LogP) is 4.86. The molecule has 1 aliphatic rings. The summed E-state index contributed by atoms with van der Waals surface area (Å²) in [4.78, 5) is 31.3. The zero-order valence-electron chi connectivity index (χ0n) is 18.7. The summed E-state index contributed by atoms with van der Waals surface area (Å²) in [6, 6.07) is 18.6. The second-order valence-corrected chi connectivity index (χ2v) is 7.98. The summed E-state index contributed by atoms with van der Waals surface area (Å²) in [6.07, 6.45) is 7.05. The van der Waals surface area contributed by atoms with Crippen LogP contribution in [-0.2, 0) is 11.4 Å². The monoisotopic (exact) mass is 441 g/mol. The van der Waals surface area contributed by atoms with Crippen molar-refractivity contribution in [2.75, 3.05) is 18.4 Å². The predicted molar refractivity (Wildman–Crippen MR) is 129 cm³/mol. The highest BCUT2D eigenvalue weighted by Gasteiger charge is 2.21. The number of hydrogen-bond donors (Lipinski definition) is 1. The largest absolute Gasteiger partial charge is 0.487 e. The van der Waals surface area contributed by atoms with Crippen LogP contribution in [0.3, 0.4) is 0 Å². The van der Waals surface area contributed by atoms with E-state index >= 15 is 0 Å². The summed E-state index contributed by atoms with van der Waals surface area (Å²) >= 11 is 0. The highest BCUT2D eigenvalue weighted by molar-refractivity contribution is 6.04. The van der Waals surface area contributed by atoms with E-state index in [9.17, 15) is 9.59 Å². The molecule has 1 aliphatic heterocycles. The van der Waals surface area contributed by atoms with Gasteiger partial charge in [-0.3, -0.25) is 14.6 Å². The molecule has 3 aromatic rings. The Morgan fingerprint density at radius 1 is 1.03 bits per heavy atom. The zero-order valence-corrected chi connectivity index (χ0v) is 18.7. The molecule has 2 aromatic carbocycles. The SMILES string of the molecule is Cc1c(NC(=O)/C=C/c2ccc(OCc3ccccn3)cc2)cccc1C(=O)N1CCCC1. The van der Waals surface area contributed by atoms with E-state index in [2.05, 4.69) is 10.3 Å². The van der Waals surface area contributed by atoms with Gasteiger partial charge in [-0.25, -0.2) is 0 Å². The van der Waals surface area contributed by atoms with Gasteiger partial charge in [0.15, 0.2) is 0 Å². The summed E-state index contributed by atoms with van der Waals surface area (Å²) in [7, 11) is 0. The third-order valence-electron chi connectivity index (χ3n) is 5.64. The number of carbonyl (C=O) groups excluding carboxylic acids is 2. The van der Waals surface area contributed by atoms with Crippen LogP contribution in [-0.4, -0.2) is 34.8 Å². The molecule has 1 aromatic heterocycles. The Kier molecular flexibility index (Phi) is 7.15. The van der Waals surface area contributed by atoms with Gasteiger partial charge in [-0.15, -0.1) is 0 Å². The summed E-state index contributed by atoms with van der Waals surface area (Å²) in [5, 5.41) is 2.89. The van der Waals surface area contributed by atoms with Crippen LogP contribution in [0.2, 0.25) is 0 Å². The molecule has 1 N–H and O–H groups in total. The number of likely N-dealkylation sites (tertiary alicyclic amines) is 1. The molecule has 6 heteroatoms. The Bertz CT molecular complexity index is 1140. The molecule has 6 nitrogen and oxygen atoms in total. The molecule has 2 amide bonds. The second-order valence-electron chi connectivity index (χ2n) is 7.98. The molecule has 0 atom stereocenters. The number of nitrogens with zero attached hydrogens (tertiary/aromatic N) is 2. The molecule has 1 fully saturated rings. The standard InChI is InChI=1S/C27H27N3O3/c1-20-24(27(32)30-17-4-5-18-30)8-6-9-25(20)29-26(31)15-12-21-10-13-23(14-11-21)33-19-22-7-2-3-16-28-22/h2-3,6-16H,4-5,17-19H2,1H3,(H,29,31)/b15-12+. The van der Waals surface area contributed by atoms with Crippen molar-refractivity contribution in [1.82, 2.24) is 9.88 Å². The molecule has 0 bridgehead atoms. The van der Waals surface area contributed by atoms with Crippen molar-refractivity contribution < 1.29 is 14.3 Å². The van der Waals surface area contributed by atoms with Crippen molar-refractivity contribution in [1.29, 1.82) is 0 Å². The van der Waals surface area contributed by atoms with Crippen molar-refractivity contribution in [2.45, 2.75) is 26.4 Å². The van der Waals surface area contributed by atoms with Crippen molar-refractivity contribution in [3.8, 4) is 5.75 Å². The van der Waals surface area contributed by atoms with Gasteiger partial charge in [0.1, 0.15) is 12.4 Å². The lowest BCUT2D eigenvalue weighted by Gasteiger charge is -2.18. The number of hydrogen-bond acceptors (Lipinski definition) is 4. The number of ether oxygens (including phenoxy) is 1. The first-order chi connectivity index (χ1) is 16.1. The van der Waals surface area contributed by atoms with E-state index in [4.69, 9.17) is 4.74 Å². The summed E-state index contributed by atoms with van der Waals surface area (Å²) < 4.78 is 5.74. The van der Waals surface area contributed by atoms with E-state index in [1.807, 2.05) is 66.4 Å². The maximum absolute atomic E-state index is 12.8. The molecule has 33 heavy (non-hydrogen) atoms. The smallest absolute Gasteiger partial charge is 0.254 e. The summed E-state index contributed by atoms with van der Waals surface area (Å²) in [5.74, 6) is 0.513. The van der Waals surface area contributed by atoms with Crippen LogP contribution in [0.1, 0.15) is 40.0 Å². The average Bonchev–Trinajstić information content (AvgIpc) is 3.39. The van der Waals surface area contributed by atoms with Crippen LogP contribution < -0.4 is 10.1 Å². The average molecular weight is 442 g/mol. The van der Waals surface area contributed by atoms with Crippen LogP contribution in [0.15, 0.2) is 72.9 Å². The van der Waals surface area contributed by atoms with Crippen LogP contribution in [0.25, 0.3) is 6.08 Å². The van der Waals surface area contributed by atoms with Crippen molar-refractivity contribution in [2.24, 2.45) is 0 Å². The zero-order chi connectivity index (χ0) is 23.0. The normalized spacial score (nSPS) is 13.3. The lowest BCUT2D eigenvalue weighted by molar-refractivity contribution is -0.111. The van der Waals surface area contributed by atoms with Crippen molar-refractivity contribution >= 4 is 23.6 Å². The fraction of sp³-hybridized carbons (Fsp3) is 0.222. The molecule has 0 aliphatic carbocycles. The summed E-state index contributed by atoms with van der Waals surface area (Å²) in [5.41, 5.74) is 3.81. The van der Waals surface area contributed by atoms with Gasteiger partial charge in [-0.2, -0.15) is 0 Å². The van der Waals surface area contributed by atoms with Crippen LogP contribution in [0.4, 0.5) is 5.69 Å². The van der Waals surface area contributed by atoms with Gasteiger partial charge in [-0.05, 0) is 73.4 Å².